The fraction of sp³-hybridized carbons (Fsp3) is 1.00. The van der Waals surface area contributed by atoms with Crippen LogP contribution in [0.2, 0.25) is 0 Å². The van der Waals surface area contributed by atoms with Crippen LogP contribution >= 0.6 is 0 Å². The Balaban J connectivity index is 2.70. The lowest BCUT2D eigenvalue weighted by Gasteiger charge is -2.48. The molecule has 0 aliphatic heterocycles. The summed E-state index contributed by atoms with van der Waals surface area (Å²) in [5.41, 5.74) is 6.53. The van der Waals surface area contributed by atoms with Crippen molar-refractivity contribution in [2.45, 2.75) is 65.3 Å². The average Bonchev–Trinajstić information content (AvgIpc) is 2.47. The van der Waals surface area contributed by atoms with Crippen molar-refractivity contribution in [3.8, 4) is 0 Å². The molecule has 0 aromatic carbocycles. The Morgan fingerprint density at radius 3 is 2.30 bits per heavy atom. The van der Waals surface area contributed by atoms with Gasteiger partial charge < -0.3 is 10.6 Å². The van der Waals surface area contributed by atoms with Crippen LogP contribution in [0.3, 0.4) is 0 Å². The van der Waals surface area contributed by atoms with Gasteiger partial charge in [-0.2, -0.15) is 0 Å². The number of likely N-dealkylation sites (N-methyl/N-ethyl adjacent to an activating group) is 1. The lowest BCUT2D eigenvalue weighted by atomic mass is 9.75. The van der Waals surface area contributed by atoms with Crippen LogP contribution in [0.5, 0.6) is 0 Å². The minimum atomic E-state index is 0.279. The molecule has 1 aliphatic carbocycles. The van der Waals surface area contributed by atoms with Gasteiger partial charge in [0.05, 0.1) is 0 Å². The van der Waals surface area contributed by atoms with Gasteiger partial charge in [-0.25, -0.2) is 0 Å². The molecule has 1 fully saturated rings. The SMILES string of the molecule is CCCN(CCN(CC)CC)C1(CN)CCCC(C)C1. The van der Waals surface area contributed by atoms with E-state index in [1.54, 1.807) is 0 Å². The predicted octanol–water partition coefficient (Wildman–Crippen LogP) is 2.95. The molecule has 0 amide bonds. The Morgan fingerprint density at radius 1 is 1.10 bits per heavy atom. The standard InChI is InChI=1S/C17H37N3/c1-5-11-20(13-12-19(6-2)7-3)17(15-18)10-8-9-16(4)14-17/h16H,5-15,18H2,1-4H3. The van der Waals surface area contributed by atoms with Gasteiger partial charge in [-0.1, -0.05) is 40.5 Å². The monoisotopic (exact) mass is 283 g/mol. The van der Waals surface area contributed by atoms with Crippen molar-refractivity contribution in [1.82, 2.24) is 9.80 Å². The molecule has 0 aromatic rings. The van der Waals surface area contributed by atoms with Crippen LogP contribution < -0.4 is 5.73 Å². The molecule has 3 heteroatoms. The summed E-state index contributed by atoms with van der Waals surface area (Å²) >= 11 is 0. The number of nitrogens with two attached hydrogens (primary N) is 1. The van der Waals surface area contributed by atoms with E-state index < -0.39 is 0 Å². The van der Waals surface area contributed by atoms with E-state index in [1.165, 1.54) is 51.7 Å². The Hall–Kier alpha value is -0.120. The van der Waals surface area contributed by atoms with Gasteiger partial charge in [0, 0.05) is 25.2 Å². The first kappa shape index (κ1) is 17.9. The van der Waals surface area contributed by atoms with E-state index in [1.807, 2.05) is 0 Å². The summed E-state index contributed by atoms with van der Waals surface area (Å²) in [6.45, 7) is 15.9. The molecule has 0 heterocycles. The van der Waals surface area contributed by atoms with Crippen molar-refractivity contribution in [3.63, 3.8) is 0 Å². The Kier molecular flexibility index (Phi) is 8.08. The maximum Gasteiger partial charge on any atom is 0.0334 e. The summed E-state index contributed by atoms with van der Waals surface area (Å²) in [5, 5.41) is 0. The van der Waals surface area contributed by atoms with Gasteiger partial charge in [0.2, 0.25) is 0 Å². The molecule has 0 saturated heterocycles. The molecule has 20 heavy (non-hydrogen) atoms. The minimum Gasteiger partial charge on any atom is -0.329 e. The second-order valence-corrected chi connectivity index (χ2v) is 6.64. The van der Waals surface area contributed by atoms with Crippen molar-refractivity contribution < 1.29 is 0 Å². The quantitative estimate of drug-likeness (QED) is 0.706. The summed E-state index contributed by atoms with van der Waals surface area (Å²) < 4.78 is 0. The third kappa shape index (κ3) is 4.71. The number of hydrogen-bond acceptors (Lipinski definition) is 3. The average molecular weight is 284 g/mol. The van der Waals surface area contributed by atoms with E-state index in [9.17, 15) is 0 Å². The molecule has 2 atom stereocenters. The van der Waals surface area contributed by atoms with Crippen LogP contribution in [0.4, 0.5) is 0 Å². The van der Waals surface area contributed by atoms with E-state index in [2.05, 4.69) is 37.5 Å². The van der Waals surface area contributed by atoms with Crippen molar-refractivity contribution in [1.29, 1.82) is 0 Å². The fourth-order valence-electron chi connectivity index (χ4n) is 3.89. The summed E-state index contributed by atoms with van der Waals surface area (Å²) in [4.78, 5) is 5.25. The Labute approximate surface area is 126 Å². The predicted molar refractivity (Wildman–Crippen MR) is 89.1 cm³/mol. The Bertz CT molecular complexity index is 253. The van der Waals surface area contributed by atoms with Crippen molar-refractivity contribution in [3.05, 3.63) is 0 Å². The smallest absolute Gasteiger partial charge is 0.0334 e. The van der Waals surface area contributed by atoms with Gasteiger partial charge in [0.15, 0.2) is 0 Å². The fourth-order valence-corrected chi connectivity index (χ4v) is 3.89. The third-order valence-electron chi connectivity index (χ3n) is 5.19. The molecule has 0 spiro atoms. The van der Waals surface area contributed by atoms with E-state index in [-0.39, 0.29) is 5.54 Å². The molecule has 1 rings (SSSR count). The molecule has 120 valence electrons. The first-order valence-electron chi connectivity index (χ1n) is 8.79. The van der Waals surface area contributed by atoms with Crippen LogP contribution in [-0.4, -0.2) is 54.6 Å². The zero-order chi connectivity index (χ0) is 15.0. The molecule has 2 N–H and O–H groups in total. The summed E-state index contributed by atoms with van der Waals surface area (Å²) in [6.07, 6.45) is 6.56. The lowest BCUT2D eigenvalue weighted by Crippen LogP contribution is -2.57. The molecular formula is C17H37N3. The highest BCUT2D eigenvalue weighted by molar-refractivity contribution is 4.96. The van der Waals surface area contributed by atoms with Crippen LogP contribution in [0.15, 0.2) is 0 Å². The van der Waals surface area contributed by atoms with Crippen LogP contribution in [-0.2, 0) is 0 Å². The minimum absolute atomic E-state index is 0.279. The van der Waals surface area contributed by atoms with E-state index in [0.29, 0.717) is 0 Å². The van der Waals surface area contributed by atoms with Gasteiger partial charge in [-0.05, 0) is 44.8 Å². The molecule has 0 aromatic heterocycles. The van der Waals surface area contributed by atoms with Gasteiger partial charge in [-0.15, -0.1) is 0 Å². The Morgan fingerprint density at radius 2 is 1.80 bits per heavy atom. The van der Waals surface area contributed by atoms with Crippen LogP contribution in [0.1, 0.15) is 59.8 Å². The summed E-state index contributed by atoms with van der Waals surface area (Å²) in [5.74, 6) is 0.833. The van der Waals surface area contributed by atoms with E-state index in [0.717, 1.165) is 25.6 Å². The van der Waals surface area contributed by atoms with Gasteiger partial charge >= 0.3 is 0 Å². The molecule has 0 bridgehead atoms. The van der Waals surface area contributed by atoms with Crippen molar-refractivity contribution in [2.75, 3.05) is 39.3 Å². The second-order valence-electron chi connectivity index (χ2n) is 6.64. The molecular weight excluding hydrogens is 246 g/mol. The summed E-state index contributed by atoms with van der Waals surface area (Å²) in [7, 11) is 0. The third-order valence-corrected chi connectivity index (χ3v) is 5.19. The van der Waals surface area contributed by atoms with E-state index >= 15 is 0 Å². The highest BCUT2D eigenvalue weighted by Crippen LogP contribution is 2.36. The topological polar surface area (TPSA) is 32.5 Å². The maximum atomic E-state index is 6.25. The first-order chi connectivity index (χ1) is 9.61. The molecule has 3 nitrogen and oxygen atoms in total. The van der Waals surface area contributed by atoms with Gasteiger partial charge in [-0.3, -0.25) is 4.90 Å². The normalized spacial score (nSPS) is 27.4. The molecule has 1 aliphatic rings. The van der Waals surface area contributed by atoms with Crippen LogP contribution in [0, 0.1) is 5.92 Å². The number of nitrogens with zero attached hydrogens (tertiary/aromatic N) is 2. The zero-order valence-electron chi connectivity index (χ0n) is 14.3. The number of hydrogen-bond donors (Lipinski definition) is 1. The molecule has 2 unspecified atom stereocenters. The first-order valence-corrected chi connectivity index (χ1v) is 8.79. The van der Waals surface area contributed by atoms with Gasteiger partial charge in [0.25, 0.3) is 0 Å². The van der Waals surface area contributed by atoms with Crippen LogP contribution in [0.25, 0.3) is 0 Å². The summed E-state index contributed by atoms with van der Waals surface area (Å²) in [6, 6.07) is 0. The second kappa shape index (κ2) is 9.01. The zero-order valence-corrected chi connectivity index (χ0v) is 14.3. The number of rotatable bonds is 9. The highest BCUT2D eigenvalue weighted by Gasteiger charge is 2.38. The largest absolute Gasteiger partial charge is 0.329 e. The molecule has 1 saturated carbocycles. The van der Waals surface area contributed by atoms with Crippen molar-refractivity contribution in [2.24, 2.45) is 11.7 Å². The maximum absolute atomic E-state index is 6.25. The van der Waals surface area contributed by atoms with Crippen molar-refractivity contribution >= 4 is 0 Å². The lowest BCUT2D eigenvalue weighted by molar-refractivity contribution is 0.0317. The highest BCUT2D eigenvalue weighted by atomic mass is 15.2. The van der Waals surface area contributed by atoms with Gasteiger partial charge in [0.1, 0.15) is 0 Å². The van der Waals surface area contributed by atoms with E-state index in [4.69, 9.17) is 5.73 Å². The molecule has 0 radical (unpaired) electrons.